The Labute approximate surface area is 143 Å². The molecular weight excluding hydrogens is 332 g/mol. The van der Waals surface area contributed by atoms with E-state index in [1.165, 1.54) is 11.3 Å². The Morgan fingerprint density at radius 2 is 2.04 bits per heavy atom. The molecule has 0 bridgehead atoms. The number of anilines is 1. The van der Waals surface area contributed by atoms with Gasteiger partial charge in [-0.15, -0.1) is 0 Å². The quantitative estimate of drug-likeness (QED) is 0.730. The molecule has 0 unspecified atom stereocenters. The first-order chi connectivity index (χ1) is 11.1. The summed E-state index contributed by atoms with van der Waals surface area (Å²) in [7, 11) is 0. The minimum absolute atomic E-state index is 0.199. The number of fused-ring (bicyclic) bond motifs is 1. The van der Waals surface area contributed by atoms with Gasteiger partial charge in [-0.25, -0.2) is 4.98 Å². The normalized spacial score (nSPS) is 10.7. The van der Waals surface area contributed by atoms with Gasteiger partial charge in [0.15, 0.2) is 5.13 Å². The van der Waals surface area contributed by atoms with Crippen LogP contribution in [0.2, 0.25) is 5.02 Å². The van der Waals surface area contributed by atoms with E-state index in [9.17, 15) is 4.79 Å². The number of rotatable bonds is 4. The van der Waals surface area contributed by atoms with E-state index < -0.39 is 0 Å². The van der Waals surface area contributed by atoms with Crippen LogP contribution in [0, 0.1) is 6.92 Å². The number of hydrogen-bond donors (Lipinski definition) is 1. The smallest absolute Gasteiger partial charge is 0.257 e. The fourth-order valence-electron chi connectivity index (χ4n) is 2.14. The molecule has 1 heterocycles. The third-order valence-corrected chi connectivity index (χ3v) is 4.66. The number of aromatic nitrogens is 1. The average Bonchev–Trinajstić information content (AvgIpc) is 2.90. The van der Waals surface area contributed by atoms with Gasteiger partial charge in [-0.1, -0.05) is 22.9 Å². The van der Waals surface area contributed by atoms with Gasteiger partial charge in [0.2, 0.25) is 0 Å². The molecule has 6 heteroatoms. The fraction of sp³-hybridized carbons (Fsp3) is 0.176. The summed E-state index contributed by atoms with van der Waals surface area (Å²) in [6.45, 7) is 4.46. The number of carbonyl (C=O) groups is 1. The Balaban J connectivity index is 1.79. The number of benzene rings is 2. The fourth-order valence-corrected chi connectivity index (χ4v) is 3.24. The van der Waals surface area contributed by atoms with Crippen LogP contribution in [0.3, 0.4) is 0 Å². The first kappa shape index (κ1) is 15.8. The van der Waals surface area contributed by atoms with E-state index in [0.717, 1.165) is 21.5 Å². The van der Waals surface area contributed by atoms with Crippen LogP contribution in [0.15, 0.2) is 36.4 Å². The summed E-state index contributed by atoms with van der Waals surface area (Å²) in [5, 5.41) is 4.05. The lowest BCUT2D eigenvalue weighted by Gasteiger charge is -2.04. The van der Waals surface area contributed by atoms with Gasteiger partial charge in [0.25, 0.3) is 5.91 Å². The Bertz CT molecular complexity index is 820. The van der Waals surface area contributed by atoms with E-state index in [1.807, 2.05) is 26.0 Å². The monoisotopic (exact) mass is 346 g/mol. The van der Waals surface area contributed by atoms with Gasteiger partial charge in [0.05, 0.1) is 16.8 Å². The number of aryl methyl sites for hydroxylation is 1. The van der Waals surface area contributed by atoms with Crippen molar-refractivity contribution >= 4 is 44.2 Å². The van der Waals surface area contributed by atoms with Gasteiger partial charge >= 0.3 is 0 Å². The molecule has 0 aliphatic carbocycles. The molecule has 0 saturated heterocycles. The molecule has 23 heavy (non-hydrogen) atoms. The van der Waals surface area contributed by atoms with E-state index in [2.05, 4.69) is 10.3 Å². The van der Waals surface area contributed by atoms with Crippen LogP contribution in [0.25, 0.3) is 10.2 Å². The minimum Gasteiger partial charge on any atom is -0.494 e. The number of ether oxygens (including phenoxy) is 1. The molecule has 0 fully saturated rings. The lowest BCUT2D eigenvalue weighted by atomic mass is 10.2. The summed E-state index contributed by atoms with van der Waals surface area (Å²) < 4.78 is 6.36. The number of hydrogen-bond acceptors (Lipinski definition) is 4. The van der Waals surface area contributed by atoms with E-state index in [4.69, 9.17) is 16.3 Å². The lowest BCUT2D eigenvalue weighted by molar-refractivity contribution is 0.102. The van der Waals surface area contributed by atoms with Crippen LogP contribution >= 0.6 is 22.9 Å². The van der Waals surface area contributed by atoms with Crippen molar-refractivity contribution < 1.29 is 9.53 Å². The van der Waals surface area contributed by atoms with Crippen LogP contribution in [0.5, 0.6) is 5.75 Å². The van der Waals surface area contributed by atoms with Gasteiger partial charge in [-0.3, -0.25) is 10.1 Å². The van der Waals surface area contributed by atoms with Crippen molar-refractivity contribution in [3.63, 3.8) is 0 Å². The minimum atomic E-state index is -0.199. The molecule has 0 aliphatic heterocycles. The molecule has 0 aliphatic rings. The molecule has 3 aromatic rings. The van der Waals surface area contributed by atoms with Crippen LogP contribution in [0.1, 0.15) is 22.8 Å². The van der Waals surface area contributed by atoms with E-state index in [-0.39, 0.29) is 5.91 Å². The maximum Gasteiger partial charge on any atom is 0.257 e. The van der Waals surface area contributed by atoms with Gasteiger partial charge in [0.1, 0.15) is 5.75 Å². The molecule has 0 spiro atoms. The van der Waals surface area contributed by atoms with Crippen molar-refractivity contribution in [1.29, 1.82) is 0 Å². The van der Waals surface area contributed by atoms with Gasteiger partial charge in [-0.05, 0) is 55.8 Å². The topological polar surface area (TPSA) is 51.2 Å². The predicted molar refractivity (Wildman–Crippen MR) is 94.9 cm³/mol. The summed E-state index contributed by atoms with van der Waals surface area (Å²) in [6, 6.07) is 10.8. The number of nitrogens with one attached hydrogen (secondary N) is 1. The van der Waals surface area contributed by atoms with Crippen molar-refractivity contribution in [3.8, 4) is 5.75 Å². The molecule has 0 saturated carbocycles. The zero-order valence-corrected chi connectivity index (χ0v) is 14.3. The van der Waals surface area contributed by atoms with Gasteiger partial charge < -0.3 is 4.74 Å². The Morgan fingerprint density at radius 3 is 2.74 bits per heavy atom. The second kappa shape index (κ2) is 6.56. The summed E-state index contributed by atoms with van der Waals surface area (Å²) in [5.74, 6) is 0.545. The number of amides is 1. The summed E-state index contributed by atoms with van der Waals surface area (Å²) in [6.07, 6.45) is 0. The predicted octanol–water partition coefficient (Wildman–Crippen LogP) is 4.91. The first-order valence-electron chi connectivity index (χ1n) is 7.17. The van der Waals surface area contributed by atoms with Crippen LogP contribution < -0.4 is 10.1 Å². The molecule has 3 rings (SSSR count). The number of halogens is 1. The number of thiazole rings is 1. The first-order valence-corrected chi connectivity index (χ1v) is 8.37. The summed E-state index contributed by atoms with van der Waals surface area (Å²) in [5.41, 5.74) is 2.33. The highest BCUT2D eigenvalue weighted by atomic mass is 35.5. The SMILES string of the molecule is CCOc1ccc(C(=O)Nc2nc3cc(Cl)c(C)cc3s2)cc1. The summed E-state index contributed by atoms with van der Waals surface area (Å²) >= 11 is 7.53. The second-order valence-electron chi connectivity index (χ2n) is 5.00. The third kappa shape index (κ3) is 3.46. The van der Waals surface area contributed by atoms with Crippen LogP contribution in [-0.2, 0) is 0 Å². The van der Waals surface area contributed by atoms with E-state index in [0.29, 0.717) is 22.3 Å². The highest BCUT2D eigenvalue weighted by Gasteiger charge is 2.11. The molecule has 1 N–H and O–H groups in total. The lowest BCUT2D eigenvalue weighted by Crippen LogP contribution is -2.11. The van der Waals surface area contributed by atoms with Gasteiger partial charge in [0, 0.05) is 10.6 Å². The van der Waals surface area contributed by atoms with Crippen molar-refractivity contribution in [2.75, 3.05) is 11.9 Å². The standard InChI is InChI=1S/C17H15ClN2O2S/c1-3-22-12-6-4-11(5-7-12)16(21)20-17-19-14-9-13(18)10(2)8-15(14)23-17/h4-9H,3H2,1-2H3,(H,19,20,21). The Morgan fingerprint density at radius 1 is 1.30 bits per heavy atom. The van der Waals surface area contributed by atoms with E-state index >= 15 is 0 Å². The molecule has 2 aromatic carbocycles. The molecule has 118 valence electrons. The summed E-state index contributed by atoms with van der Waals surface area (Å²) in [4.78, 5) is 16.7. The molecule has 4 nitrogen and oxygen atoms in total. The number of nitrogens with zero attached hydrogens (tertiary/aromatic N) is 1. The van der Waals surface area contributed by atoms with Gasteiger partial charge in [-0.2, -0.15) is 0 Å². The van der Waals surface area contributed by atoms with Crippen molar-refractivity contribution in [2.24, 2.45) is 0 Å². The molecular formula is C17H15ClN2O2S. The van der Waals surface area contributed by atoms with Crippen molar-refractivity contribution in [1.82, 2.24) is 4.98 Å². The highest BCUT2D eigenvalue weighted by Crippen LogP contribution is 2.30. The van der Waals surface area contributed by atoms with Crippen molar-refractivity contribution in [3.05, 3.63) is 52.5 Å². The molecule has 0 radical (unpaired) electrons. The van der Waals surface area contributed by atoms with Crippen LogP contribution in [-0.4, -0.2) is 17.5 Å². The van der Waals surface area contributed by atoms with Crippen LogP contribution in [0.4, 0.5) is 5.13 Å². The maximum absolute atomic E-state index is 12.3. The maximum atomic E-state index is 12.3. The average molecular weight is 347 g/mol. The van der Waals surface area contributed by atoms with E-state index in [1.54, 1.807) is 24.3 Å². The third-order valence-electron chi connectivity index (χ3n) is 3.32. The highest BCUT2D eigenvalue weighted by molar-refractivity contribution is 7.22. The molecule has 1 aromatic heterocycles. The number of carbonyl (C=O) groups excluding carboxylic acids is 1. The zero-order chi connectivity index (χ0) is 16.4. The Kier molecular flexibility index (Phi) is 4.50. The zero-order valence-electron chi connectivity index (χ0n) is 12.7. The Hall–Kier alpha value is -2.11. The molecule has 1 amide bonds. The second-order valence-corrected chi connectivity index (χ2v) is 6.44. The molecule has 0 atom stereocenters. The van der Waals surface area contributed by atoms with Crippen molar-refractivity contribution in [2.45, 2.75) is 13.8 Å². The largest absolute Gasteiger partial charge is 0.494 e.